The molecule has 0 heterocycles. The molecule has 2 bridgehead atoms. The lowest BCUT2D eigenvalue weighted by atomic mass is 10.1. The molecule has 0 saturated carbocycles. The zero-order valence-corrected chi connectivity index (χ0v) is 11.9. The smallest absolute Gasteiger partial charge is 0.146 e. The quantitative estimate of drug-likeness (QED) is 0.723. The minimum atomic E-state index is 0.548. The van der Waals surface area contributed by atoms with Crippen molar-refractivity contribution in [2.75, 3.05) is 0 Å². The lowest BCUT2D eigenvalue weighted by molar-refractivity contribution is 0.212. The average molecular weight is 220 g/mol. The normalized spacial score (nSPS) is 10.6. The van der Waals surface area contributed by atoms with Gasteiger partial charge in [-0.25, -0.2) is 0 Å². The Morgan fingerprint density at radius 2 is 1.27 bits per heavy atom. The van der Waals surface area contributed by atoms with E-state index in [9.17, 15) is 0 Å². The SMILES string of the molecule is CCC(CC)O[SiH3].c1cc2ccc1cc2. The van der Waals surface area contributed by atoms with Crippen molar-refractivity contribution in [1.29, 1.82) is 0 Å². The summed E-state index contributed by atoms with van der Waals surface area (Å²) in [5, 5.41) is 2.61. The van der Waals surface area contributed by atoms with Crippen molar-refractivity contribution in [3.63, 3.8) is 0 Å². The van der Waals surface area contributed by atoms with E-state index in [1.165, 1.54) is 23.6 Å². The molecule has 0 aliphatic carbocycles. The van der Waals surface area contributed by atoms with Gasteiger partial charge in [-0.05, 0) is 23.6 Å². The summed E-state index contributed by atoms with van der Waals surface area (Å²) in [4.78, 5) is 0. The molecule has 0 radical (unpaired) electrons. The number of hydrogen-bond donors (Lipinski definition) is 0. The third kappa shape index (κ3) is 4.02. The minimum absolute atomic E-state index is 0.548. The molecule has 3 rings (SSSR count). The monoisotopic (exact) mass is 220 g/mol. The third-order valence-electron chi connectivity index (χ3n) is 2.65. The van der Waals surface area contributed by atoms with E-state index in [2.05, 4.69) is 50.2 Å². The second-order valence-electron chi connectivity index (χ2n) is 3.67. The maximum absolute atomic E-state index is 5.19. The van der Waals surface area contributed by atoms with Crippen LogP contribution in [-0.4, -0.2) is 16.6 Å². The molecule has 0 saturated heterocycles. The molecule has 3 aromatic carbocycles. The van der Waals surface area contributed by atoms with Crippen molar-refractivity contribution in [3.05, 3.63) is 36.4 Å². The van der Waals surface area contributed by atoms with E-state index < -0.39 is 0 Å². The summed E-state index contributed by atoms with van der Waals surface area (Å²) in [6.07, 6.45) is 2.88. The molecule has 15 heavy (non-hydrogen) atoms. The van der Waals surface area contributed by atoms with Crippen molar-refractivity contribution in [2.24, 2.45) is 0 Å². The largest absolute Gasteiger partial charge is 0.425 e. The fourth-order valence-corrected chi connectivity index (χ4v) is 2.20. The van der Waals surface area contributed by atoms with Crippen LogP contribution in [0.25, 0.3) is 10.8 Å². The van der Waals surface area contributed by atoms with Gasteiger partial charge in [-0.1, -0.05) is 50.2 Å². The van der Waals surface area contributed by atoms with Crippen LogP contribution < -0.4 is 0 Å². The maximum Gasteiger partial charge on any atom is 0.146 e. The van der Waals surface area contributed by atoms with Crippen molar-refractivity contribution >= 4 is 21.3 Å². The summed E-state index contributed by atoms with van der Waals surface area (Å²) >= 11 is 0. The highest BCUT2D eigenvalue weighted by atomic mass is 28.2. The van der Waals surface area contributed by atoms with Crippen molar-refractivity contribution in [1.82, 2.24) is 0 Å². The summed E-state index contributed by atoms with van der Waals surface area (Å²) in [6.45, 7) is 4.32. The van der Waals surface area contributed by atoms with Gasteiger partial charge in [-0.3, -0.25) is 0 Å². The van der Waals surface area contributed by atoms with Gasteiger partial charge in [0.15, 0.2) is 0 Å². The van der Waals surface area contributed by atoms with Gasteiger partial charge in [0.25, 0.3) is 0 Å². The van der Waals surface area contributed by atoms with Crippen molar-refractivity contribution in [3.8, 4) is 0 Å². The first-order valence-corrected chi connectivity index (χ1v) is 6.42. The van der Waals surface area contributed by atoms with Gasteiger partial charge in [0.2, 0.25) is 0 Å². The Bertz CT molecular complexity index is 274. The lowest BCUT2D eigenvalue weighted by Gasteiger charge is -2.08. The molecule has 0 amide bonds. The second-order valence-corrected chi connectivity index (χ2v) is 4.15. The molecular weight excluding hydrogens is 200 g/mol. The molecule has 82 valence electrons. The molecule has 0 aliphatic rings. The van der Waals surface area contributed by atoms with Gasteiger partial charge in [0.05, 0.1) is 0 Å². The standard InChI is InChI=1S/C8H6.C5H14OSi/c1-2-8-5-3-7(1)4-6-8;1-3-5(4-2)6-7/h1-6H;5H,3-4H2,1-2,7H3. The first-order chi connectivity index (χ1) is 7.30. The average Bonchev–Trinajstić information content (AvgIpc) is 2.35. The van der Waals surface area contributed by atoms with E-state index >= 15 is 0 Å². The van der Waals surface area contributed by atoms with Crippen LogP contribution in [0.4, 0.5) is 0 Å². The lowest BCUT2D eigenvalue weighted by Crippen LogP contribution is -2.06. The molecule has 1 nitrogen and oxygen atoms in total. The van der Waals surface area contributed by atoms with Gasteiger partial charge in [-0.15, -0.1) is 0 Å². The summed E-state index contributed by atoms with van der Waals surface area (Å²) < 4.78 is 5.19. The van der Waals surface area contributed by atoms with E-state index in [1.807, 2.05) is 0 Å². The highest BCUT2D eigenvalue weighted by Gasteiger charge is 1.95. The Kier molecular flexibility index (Phi) is 5.36. The van der Waals surface area contributed by atoms with E-state index in [0.29, 0.717) is 6.10 Å². The molecule has 0 fully saturated rings. The summed E-state index contributed by atoms with van der Waals surface area (Å²) in [6, 6.07) is 12.7. The Labute approximate surface area is 95.3 Å². The summed E-state index contributed by atoms with van der Waals surface area (Å²) in [5.74, 6) is 0. The zero-order valence-electron chi connectivity index (χ0n) is 9.86. The Morgan fingerprint density at radius 3 is 1.33 bits per heavy atom. The van der Waals surface area contributed by atoms with Crippen LogP contribution in [0.1, 0.15) is 26.7 Å². The van der Waals surface area contributed by atoms with Crippen molar-refractivity contribution in [2.45, 2.75) is 32.8 Å². The Balaban J connectivity index is 0.000000153. The van der Waals surface area contributed by atoms with E-state index in [0.717, 1.165) is 10.5 Å². The van der Waals surface area contributed by atoms with Crippen LogP contribution >= 0.6 is 0 Å². The van der Waals surface area contributed by atoms with Gasteiger partial charge in [-0.2, -0.15) is 0 Å². The van der Waals surface area contributed by atoms with E-state index in [1.54, 1.807) is 0 Å². The number of rotatable bonds is 3. The van der Waals surface area contributed by atoms with Crippen LogP contribution in [0, 0.1) is 0 Å². The van der Waals surface area contributed by atoms with Crippen LogP contribution in [0.5, 0.6) is 0 Å². The molecule has 0 aromatic heterocycles. The molecular formula is C13H20OSi. The fourth-order valence-electron chi connectivity index (χ4n) is 1.53. The molecule has 0 N–H and O–H groups in total. The first kappa shape index (κ1) is 12.2. The Hall–Kier alpha value is -0.863. The minimum Gasteiger partial charge on any atom is -0.425 e. The molecule has 0 unspecified atom stereocenters. The topological polar surface area (TPSA) is 9.23 Å². The molecule has 0 atom stereocenters. The van der Waals surface area contributed by atoms with Gasteiger partial charge >= 0.3 is 0 Å². The number of benzene rings is 3. The molecule has 0 aliphatic heterocycles. The summed E-state index contributed by atoms with van der Waals surface area (Å²) in [5.41, 5.74) is 0. The number of hydrogen-bond acceptors (Lipinski definition) is 1. The third-order valence-corrected chi connectivity index (χ3v) is 3.32. The van der Waals surface area contributed by atoms with Crippen LogP contribution in [0.3, 0.4) is 0 Å². The molecule has 3 aromatic rings. The van der Waals surface area contributed by atoms with Gasteiger partial charge < -0.3 is 4.43 Å². The first-order valence-electron chi connectivity index (χ1n) is 5.61. The zero-order chi connectivity index (χ0) is 11.1. The van der Waals surface area contributed by atoms with Gasteiger partial charge in [0.1, 0.15) is 10.5 Å². The summed E-state index contributed by atoms with van der Waals surface area (Å²) in [7, 11) is 0.892. The molecule has 2 heteroatoms. The van der Waals surface area contributed by atoms with Crippen LogP contribution in [0.2, 0.25) is 0 Å². The molecule has 0 spiro atoms. The highest BCUT2D eigenvalue weighted by Crippen LogP contribution is 2.09. The second kappa shape index (κ2) is 6.59. The van der Waals surface area contributed by atoms with Crippen LogP contribution in [-0.2, 0) is 4.43 Å². The number of fused-ring (bicyclic) bond motifs is 3. The Morgan fingerprint density at radius 1 is 0.933 bits per heavy atom. The fraction of sp³-hybridized carbons (Fsp3) is 0.385. The van der Waals surface area contributed by atoms with Crippen molar-refractivity contribution < 1.29 is 4.43 Å². The van der Waals surface area contributed by atoms with Crippen LogP contribution in [0.15, 0.2) is 36.4 Å². The predicted octanol–water partition coefficient (Wildman–Crippen LogP) is 2.75. The van der Waals surface area contributed by atoms with E-state index in [4.69, 9.17) is 4.43 Å². The predicted molar refractivity (Wildman–Crippen MR) is 70.5 cm³/mol. The highest BCUT2D eigenvalue weighted by molar-refractivity contribution is 5.98. The maximum atomic E-state index is 5.19. The van der Waals surface area contributed by atoms with E-state index in [-0.39, 0.29) is 0 Å². The van der Waals surface area contributed by atoms with Gasteiger partial charge in [0, 0.05) is 6.10 Å².